The first-order valence-electron chi connectivity index (χ1n) is 9.90. The summed E-state index contributed by atoms with van der Waals surface area (Å²) < 4.78 is 5.13. The Hall–Kier alpha value is -3.11. The second-order valence-electron chi connectivity index (χ2n) is 7.20. The van der Waals surface area contributed by atoms with Crippen molar-refractivity contribution in [2.24, 2.45) is 0 Å². The number of nitro groups is 1. The summed E-state index contributed by atoms with van der Waals surface area (Å²) in [6.45, 7) is 3.22. The zero-order valence-electron chi connectivity index (χ0n) is 18.3. The van der Waals surface area contributed by atoms with Crippen molar-refractivity contribution >= 4 is 52.5 Å². The predicted molar refractivity (Wildman–Crippen MR) is 128 cm³/mol. The first kappa shape index (κ1) is 26.1. The molecule has 0 spiro atoms. The highest BCUT2D eigenvalue weighted by Crippen LogP contribution is 2.22. The molecule has 0 saturated heterocycles. The van der Waals surface area contributed by atoms with Gasteiger partial charge >= 0.3 is 5.97 Å². The van der Waals surface area contributed by atoms with Gasteiger partial charge in [0.1, 0.15) is 6.04 Å². The Morgan fingerprint density at radius 1 is 1.18 bits per heavy atom. The highest BCUT2D eigenvalue weighted by Gasteiger charge is 2.25. The number of nitrogens with zero attached hydrogens (tertiary/aromatic N) is 1. The molecule has 2 rings (SSSR count). The Labute approximate surface area is 200 Å². The van der Waals surface area contributed by atoms with Crippen LogP contribution in [0.5, 0.6) is 0 Å². The van der Waals surface area contributed by atoms with Gasteiger partial charge in [-0.1, -0.05) is 23.7 Å². The van der Waals surface area contributed by atoms with Crippen molar-refractivity contribution in [1.29, 1.82) is 0 Å². The lowest BCUT2D eigenvalue weighted by Gasteiger charge is -2.18. The summed E-state index contributed by atoms with van der Waals surface area (Å²) in [6.07, 6.45) is 2.10. The number of anilines is 1. The number of rotatable bonds is 10. The van der Waals surface area contributed by atoms with Crippen LogP contribution in [-0.4, -0.2) is 47.4 Å². The molecule has 0 aliphatic rings. The quantitative estimate of drug-likeness (QED) is 0.292. The zero-order chi connectivity index (χ0) is 24.5. The molecular weight excluding hydrogens is 470 g/mol. The molecule has 33 heavy (non-hydrogen) atoms. The standard InChI is InChI=1S/C22H24ClN3O6S/c1-13-4-5-14(2)19(10-13)24-20(27)12-32-22(29)18(8-9-33-3)25-21(28)16-7-6-15(26(30)31)11-17(16)23/h4-7,10-11,18H,8-9,12H2,1-3H3,(H,24,27)(H,25,28)/t18-/m1/s1. The van der Waals surface area contributed by atoms with E-state index in [0.29, 0.717) is 11.4 Å². The predicted octanol–water partition coefficient (Wildman–Crippen LogP) is 3.90. The van der Waals surface area contributed by atoms with E-state index in [1.807, 2.05) is 38.3 Å². The van der Waals surface area contributed by atoms with Crippen molar-refractivity contribution in [2.45, 2.75) is 26.3 Å². The number of amides is 2. The molecule has 0 radical (unpaired) electrons. The molecule has 0 fully saturated rings. The molecule has 1 atom stereocenters. The molecule has 11 heteroatoms. The summed E-state index contributed by atoms with van der Waals surface area (Å²) in [4.78, 5) is 47.6. The third kappa shape index (κ3) is 7.76. The smallest absolute Gasteiger partial charge is 0.329 e. The summed E-state index contributed by atoms with van der Waals surface area (Å²) >= 11 is 7.47. The monoisotopic (exact) mass is 493 g/mol. The Bertz CT molecular complexity index is 1060. The van der Waals surface area contributed by atoms with E-state index in [-0.39, 0.29) is 22.7 Å². The Kier molecular flexibility index (Phi) is 9.68. The van der Waals surface area contributed by atoms with E-state index in [0.717, 1.165) is 23.3 Å². The van der Waals surface area contributed by atoms with Crippen molar-refractivity contribution in [3.05, 3.63) is 68.2 Å². The van der Waals surface area contributed by atoms with Gasteiger partial charge in [0.15, 0.2) is 6.61 Å². The van der Waals surface area contributed by atoms with E-state index >= 15 is 0 Å². The maximum Gasteiger partial charge on any atom is 0.329 e. The van der Waals surface area contributed by atoms with Crippen LogP contribution in [0.2, 0.25) is 5.02 Å². The molecule has 2 N–H and O–H groups in total. The third-order valence-electron chi connectivity index (χ3n) is 4.62. The second kappa shape index (κ2) is 12.2. The number of hydrogen-bond acceptors (Lipinski definition) is 7. The number of halogens is 1. The van der Waals surface area contributed by atoms with E-state index in [9.17, 15) is 24.5 Å². The number of nitrogens with one attached hydrogen (secondary N) is 2. The van der Waals surface area contributed by atoms with Crippen LogP contribution in [-0.2, 0) is 14.3 Å². The zero-order valence-corrected chi connectivity index (χ0v) is 19.9. The molecule has 0 unspecified atom stereocenters. The van der Waals surface area contributed by atoms with Crippen LogP contribution in [0.15, 0.2) is 36.4 Å². The average molecular weight is 494 g/mol. The second-order valence-corrected chi connectivity index (χ2v) is 8.60. The number of hydrogen-bond donors (Lipinski definition) is 2. The topological polar surface area (TPSA) is 128 Å². The fourth-order valence-electron chi connectivity index (χ4n) is 2.82. The summed E-state index contributed by atoms with van der Waals surface area (Å²) in [5.74, 6) is -1.42. The Morgan fingerprint density at radius 3 is 2.55 bits per heavy atom. The molecule has 2 amide bonds. The van der Waals surface area contributed by atoms with E-state index in [1.54, 1.807) is 0 Å². The normalized spacial score (nSPS) is 11.4. The first-order valence-corrected chi connectivity index (χ1v) is 11.7. The van der Waals surface area contributed by atoms with E-state index < -0.39 is 35.4 Å². The summed E-state index contributed by atoms with van der Waals surface area (Å²) in [5.41, 5.74) is 2.18. The molecule has 0 aromatic heterocycles. The summed E-state index contributed by atoms with van der Waals surface area (Å²) in [7, 11) is 0. The minimum absolute atomic E-state index is 0.0168. The van der Waals surface area contributed by atoms with Gasteiger partial charge < -0.3 is 15.4 Å². The molecule has 0 heterocycles. The van der Waals surface area contributed by atoms with Crippen molar-refractivity contribution in [2.75, 3.05) is 23.9 Å². The van der Waals surface area contributed by atoms with Crippen LogP contribution in [0.25, 0.3) is 0 Å². The SMILES string of the molecule is CSCC[C@@H](NC(=O)c1ccc([N+](=O)[O-])cc1Cl)C(=O)OCC(=O)Nc1cc(C)ccc1C. The van der Waals surface area contributed by atoms with Crippen molar-refractivity contribution in [1.82, 2.24) is 5.32 Å². The maximum absolute atomic E-state index is 12.6. The van der Waals surface area contributed by atoms with E-state index in [4.69, 9.17) is 16.3 Å². The van der Waals surface area contributed by atoms with Gasteiger partial charge in [-0.25, -0.2) is 4.79 Å². The number of benzene rings is 2. The van der Waals surface area contributed by atoms with Gasteiger partial charge in [0.05, 0.1) is 15.5 Å². The lowest BCUT2D eigenvalue weighted by Crippen LogP contribution is -2.43. The molecular formula is C22H24ClN3O6S. The van der Waals surface area contributed by atoms with Crippen molar-refractivity contribution in [3.8, 4) is 0 Å². The Morgan fingerprint density at radius 2 is 1.91 bits per heavy atom. The number of carbonyl (C=O) groups excluding carboxylic acids is 3. The molecule has 176 valence electrons. The molecule has 0 bridgehead atoms. The molecule has 2 aromatic carbocycles. The fraction of sp³-hybridized carbons (Fsp3) is 0.318. The highest BCUT2D eigenvalue weighted by molar-refractivity contribution is 7.98. The number of carbonyl (C=O) groups is 3. The van der Waals surface area contributed by atoms with Crippen LogP contribution in [0.1, 0.15) is 27.9 Å². The lowest BCUT2D eigenvalue weighted by atomic mass is 10.1. The number of thioether (sulfide) groups is 1. The molecule has 0 aliphatic heterocycles. The minimum Gasteiger partial charge on any atom is -0.454 e. The average Bonchev–Trinajstić information content (AvgIpc) is 2.77. The van der Waals surface area contributed by atoms with Gasteiger partial charge in [-0.2, -0.15) is 11.8 Å². The van der Waals surface area contributed by atoms with Crippen LogP contribution >= 0.6 is 23.4 Å². The van der Waals surface area contributed by atoms with Crippen LogP contribution in [0.3, 0.4) is 0 Å². The summed E-state index contributed by atoms with van der Waals surface area (Å²) in [5, 5.41) is 16.0. The number of esters is 1. The van der Waals surface area contributed by atoms with Crippen molar-refractivity contribution in [3.63, 3.8) is 0 Å². The van der Waals surface area contributed by atoms with Gasteiger partial charge in [-0.15, -0.1) is 0 Å². The number of ether oxygens (including phenoxy) is 1. The van der Waals surface area contributed by atoms with Crippen molar-refractivity contribution < 1.29 is 24.0 Å². The van der Waals surface area contributed by atoms with Gasteiger partial charge in [-0.05, 0) is 55.5 Å². The molecule has 9 nitrogen and oxygen atoms in total. The molecule has 0 saturated carbocycles. The Balaban J connectivity index is 2.02. The third-order valence-corrected chi connectivity index (χ3v) is 5.58. The molecule has 2 aromatic rings. The van der Waals surface area contributed by atoms with E-state index in [1.165, 1.54) is 17.8 Å². The number of non-ortho nitro benzene ring substituents is 1. The number of aryl methyl sites for hydroxylation is 2. The maximum atomic E-state index is 12.6. The van der Waals surface area contributed by atoms with Crippen LogP contribution in [0.4, 0.5) is 11.4 Å². The van der Waals surface area contributed by atoms with Gasteiger partial charge in [-0.3, -0.25) is 19.7 Å². The highest BCUT2D eigenvalue weighted by atomic mass is 35.5. The lowest BCUT2D eigenvalue weighted by molar-refractivity contribution is -0.384. The van der Waals surface area contributed by atoms with Gasteiger partial charge in [0, 0.05) is 17.8 Å². The fourth-order valence-corrected chi connectivity index (χ4v) is 3.55. The van der Waals surface area contributed by atoms with Gasteiger partial charge in [0.2, 0.25) is 0 Å². The largest absolute Gasteiger partial charge is 0.454 e. The molecule has 0 aliphatic carbocycles. The van der Waals surface area contributed by atoms with Crippen LogP contribution < -0.4 is 10.6 Å². The minimum atomic E-state index is -1.02. The first-order chi connectivity index (χ1) is 15.6. The van der Waals surface area contributed by atoms with Crippen LogP contribution in [0, 0.1) is 24.0 Å². The van der Waals surface area contributed by atoms with Gasteiger partial charge in [0.25, 0.3) is 17.5 Å². The summed E-state index contributed by atoms with van der Waals surface area (Å²) in [6, 6.07) is 7.99. The van der Waals surface area contributed by atoms with E-state index in [2.05, 4.69) is 10.6 Å². The number of nitro benzene ring substituents is 1.